The van der Waals surface area contributed by atoms with Gasteiger partial charge < -0.3 is 10.6 Å². The summed E-state index contributed by atoms with van der Waals surface area (Å²) in [7, 11) is 1.77. The Morgan fingerprint density at radius 2 is 1.95 bits per heavy atom. The average molecular weight is 273 g/mol. The quantitative estimate of drug-likeness (QED) is 0.840. The minimum Gasteiger partial charge on any atom is -0.373 e. The first-order valence-electron chi connectivity index (χ1n) is 5.82. The van der Waals surface area contributed by atoms with Crippen molar-refractivity contribution in [1.29, 1.82) is 0 Å². The molecule has 0 aliphatic carbocycles. The predicted molar refractivity (Wildman–Crippen MR) is 80.0 cm³/mol. The number of hydrogen-bond acceptors (Lipinski definition) is 4. The van der Waals surface area contributed by atoms with Gasteiger partial charge in [0, 0.05) is 29.4 Å². The highest BCUT2D eigenvalue weighted by Gasteiger charge is 2.06. The molecule has 0 unspecified atom stereocenters. The average Bonchev–Trinajstić information content (AvgIpc) is 2.48. The lowest BCUT2D eigenvalue weighted by Crippen LogP contribution is -2.12. The summed E-state index contributed by atoms with van der Waals surface area (Å²) in [5.41, 5.74) is 1.36. The molecule has 5 heteroatoms. The van der Waals surface area contributed by atoms with Gasteiger partial charge in [-0.25, -0.2) is 4.98 Å². The summed E-state index contributed by atoms with van der Waals surface area (Å²) < 4.78 is 0. The molecule has 19 heavy (non-hydrogen) atoms. The molecule has 98 valence electrons. The van der Waals surface area contributed by atoms with Gasteiger partial charge in [0.2, 0.25) is 0 Å². The van der Waals surface area contributed by atoms with Crippen LogP contribution in [0.3, 0.4) is 0 Å². The third-order valence-corrected chi connectivity index (χ3v) is 3.37. The van der Waals surface area contributed by atoms with E-state index in [1.54, 1.807) is 37.1 Å². The van der Waals surface area contributed by atoms with Crippen molar-refractivity contribution in [2.75, 3.05) is 23.9 Å². The third kappa shape index (κ3) is 3.48. The van der Waals surface area contributed by atoms with E-state index in [-0.39, 0.29) is 5.91 Å². The van der Waals surface area contributed by atoms with Crippen LogP contribution in [-0.4, -0.2) is 24.2 Å². The number of carbonyl (C=O) groups excluding carboxylic acids is 1. The first-order valence-corrected chi connectivity index (χ1v) is 7.04. The fourth-order valence-electron chi connectivity index (χ4n) is 1.59. The van der Waals surface area contributed by atoms with Crippen molar-refractivity contribution >= 4 is 29.2 Å². The van der Waals surface area contributed by atoms with Crippen molar-refractivity contribution in [3.05, 3.63) is 48.2 Å². The van der Waals surface area contributed by atoms with Crippen LogP contribution in [0.4, 0.5) is 11.5 Å². The van der Waals surface area contributed by atoms with E-state index in [2.05, 4.69) is 15.6 Å². The van der Waals surface area contributed by atoms with Crippen LogP contribution in [0.25, 0.3) is 0 Å². The Balaban J connectivity index is 2.11. The zero-order chi connectivity index (χ0) is 13.7. The van der Waals surface area contributed by atoms with Gasteiger partial charge >= 0.3 is 0 Å². The summed E-state index contributed by atoms with van der Waals surface area (Å²) in [6.45, 7) is 0. The lowest BCUT2D eigenvalue weighted by Gasteiger charge is -2.07. The highest BCUT2D eigenvalue weighted by atomic mass is 32.2. The fourth-order valence-corrected chi connectivity index (χ4v) is 1.99. The maximum absolute atomic E-state index is 12.1. The van der Waals surface area contributed by atoms with E-state index < -0.39 is 0 Å². The first kappa shape index (κ1) is 13.4. The molecule has 1 aromatic carbocycles. The molecule has 0 saturated heterocycles. The van der Waals surface area contributed by atoms with Crippen LogP contribution in [-0.2, 0) is 0 Å². The van der Waals surface area contributed by atoms with Gasteiger partial charge in [-0.15, -0.1) is 11.8 Å². The number of benzene rings is 1. The number of anilines is 2. The number of aromatic nitrogens is 1. The van der Waals surface area contributed by atoms with Crippen LogP contribution in [0.5, 0.6) is 0 Å². The van der Waals surface area contributed by atoms with Gasteiger partial charge in [-0.3, -0.25) is 4.79 Å². The minimum atomic E-state index is -0.143. The molecule has 0 fully saturated rings. The summed E-state index contributed by atoms with van der Waals surface area (Å²) in [6, 6.07) is 11.1. The van der Waals surface area contributed by atoms with Crippen molar-refractivity contribution in [2.45, 2.75) is 4.90 Å². The second kappa shape index (κ2) is 6.24. The van der Waals surface area contributed by atoms with Gasteiger partial charge in [0.15, 0.2) is 0 Å². The fraction of sp³-hybridized carbons (Fsp3) is 0.143. The molecule has 0 bridgehead atoms. The van der Waals surface area contributed by atoms with Crippen molar-refractivity contribution in [3.8, 4) is 0 Å². The van der Waals surface area contributed by atoms with Crippen molar-refractivity contribution in [3.63, 3.8) is 0 Å². The Hall–Kier alpha value is -2.01. The molecule has 2 rings (SSSR count). The van der Waals surface area contributed by atoms with Gasteiger partial charge in [-0.1, -0.05) is 0 Å². The third-order valence-electron chi connectivity index (χ3n) is 2.63. The van der Waals surface area contributed by atoms with Crippen LogP contribution < -0.4 is 10.6 Å². The number of amides is 1. The Kier molecular flexibility index (Phi) is 4.41. The van der Waals surface area contributed by atoms with Gasteiger partial charge in [-0.05, 0) is 42.7 Å². The molecule has 0 spiro atoms. The van der Waals surface area contributed by atoms with Crippen LogP contribution in [0.15, 0.2) is 47.5 Å². The van der Waals surface area contributed by atoms with E-state index in [1.165, 1.54) is 4.90 Å². The topological polar surface area (TPSA) is 54.0 Å². The van der Waals surface area contributed by atoms with Gasteiger partial charge in [0.05, 0.1) is 0 Å². The highest BCUT2D eigenvalue weighted by molar-refractivity contribution is 7.98. The zero-order valence-electron chi connectivity index (χ0n) is 10.8. The maximum atomic E-state index is 12.1. The van der Waals surface area contributed by atoms with E-state index in [1.807, 2.05) is 30.5 Å². The Bertz CT molecular complexity index is 569. The number of hydrogen-bond donors (Lipinski definition) is 2. The number of rotatable bonds is 4. The van der Waals surface area contributed by atoms with E-state index in [4.69, 9.17) is 0 Å². The van der Waals surface area contributed by atoms with Crippen LogP contribution in [0.1, 0.15) is 10.4 Å². The molecule has 2 aromatic rings. The molecule has 0 saturated carbocycles. The largest absolute Gasteiger partial charge is 0.373 e. The SMILES string of the molecule is CNc1cc(C(=O)Nc2ccc(SC)cc2)ccn1. The number of thioether (sulfide) groups is 1. The molecule has 0 aliphatic heterocycles. The predicted octanol–water partition coefficient (Wildman–Crippen LogP) is 3.10. The number of nitrogens with zero attached hydrogens (tertiary/aromatic N) is 1. The second-order valence-corrected chi connectivity index (χ2v) is 4.74. The van der Waals surface area contributed by atoms with Crippen LogP contribution in [0, 0.1) is 0 Å². The van der Waals surface area contributed by atoms with E-state index in [9.17, 15) is 4.79 Å². The summed E-state index contributed by atoms with van der Waals surface area (Å²) in [5.74, 6) is 0.529. The molecule has 4 nitrogen and oxygen atoms in total. The minimum absolute atomic E-state index is 0.143. The van der Waals surface area contributed by atoms with Crippen molar-refractivity contribution in [2.24, 2.45) is 0 Å². The Labute approximate surface area is 116 Å². The van der Waals surface area contributed by atoms with Gasteiger partial charge in [0.1, 0.15) is 5.82 Å². The Morgan fingerprint density at radius 3 is 2.58 bits per heavy atom. The van der Waals surface area contributed by atoms with Crippen molar-refractivity contribution < 1.29 is 4.79 Å². The van der Waals surface area contributed by atoms with E-state index in [0.29, 0.717) is 11.4 Å². The van der Waals surface area contributed by atoms with Gasteiger partial charge in [0.25, 0.3) is 5.91 Å². The van der Waals surface area contributed by atoms with Crippen LogP contribution >= 0.6 is 11.8 Å². The van der Waals surface area contributed by atoms with Crippen LogP contribution in [0.2, 0.25) is 0 Å². The van der Waals surface area contributed by atoms with E-state index in [0.717, 1.165) is 5.69 Å². The Morgan fingerprint density at radius 1 is 1.21 bits per heavy atom. The molecule has 1 amide bonds. The standard InChI is InChI=1S/C14H15N3OS/c1-15-13-9-10(7-8-16-13)14(18)17-11-3-5-12(19-2)6-4-11/h3-9H,1-2H3,(H,15,16)(H,17,18). The molecule has 1 heterocycles. The van der Waals surface area contributed by atoms with Crippen molar-refractivity contribution in [1.82, 2.24) is 4.98 Å². The number of pyridine rings is 1. The molecular weight excluding hydrogens is 258 g/mol. The molecule has 0 atom stereocenters. The monoisotopic (exact) mass is 273 g/mol. The normalized spacial score (nSPS) is 10.0. The maximum Gasteiger partial charge on any atom is 0.255 e. The summed E-state index contributed by atoms with van der Waals surface area (Å²) in [6.07, 6.45) is 3.63. The number of nitrogens with one attached hydrogen (secondary N) is 2. The summed E-state index contributed by atoms with van der Waals surface area (Å²) in [4.78, 5) is 17.3. The second-order valence-electron chi connectivity index (χ2n) is 3.86. The molecule has 0 aliphatic rings. The smallest absolute Gasteiger partial charge is 0.255 e. The molecule has 0 radical (unpaired) electrons. The molecule has 2 N–H and O–H groups in total. The first-order chi connectivity index (χ1) is 9.22. The highest BCUT2D eigenvalue weighted by Crippen LogP contribution is 2.18. The summed E-state index contributed by atoms with van der Waals surface area (Å²) >= 11 is 1.67. The molecule has 1 aromatic heterocycles. The van der Waals surface area contributed by atoms with Gasteiger partial charge in [-0.2, -0.15) is 0 Å². The lowest BCUT2D eigenvalue weighted by atomic mass is 10.2. The number of carbonyl (C=O) groups is 1. The lowest BCUT2D eigenvalue weighted by molar-refractivity contribution is 0.102. The molecular formula is C14H15N3OS. The summed E-state index contributed by atoms with van der Waals surface area (Å²) in [5, 5.41) is 5.76. The van der Waals surface area contributed by atoms with E-state index >= 15 is 0 Å². The zero-order valence-corrected chi connectivity index (χ0v) is 11.6.